The maximum atomic E-state index is 12.7. The van der Waals surface area contributed by atoms with Crippen LogP contribution in [0.15, 0.2) is 60.7 Å². The van der Waals surface area contributed by atoms with E-state index in [1.165, 1.54) is 34.7 Å². The highest BCUT2D eigenvalue weighted by molar-refractivity contribution is 5.92. The van der Waals surface area contributed by atoms with Gasteiger partial charge in [0, 0.05) is 31.2 Å². The van der Waals surface area contributed by atoms with Crippen LogP contribution in [0.3, 0.4) is 0 Å². The Morgan fingerprint density at radius 2 is 1.72 bits per heavy atom. The minimum absolute atomic E-state index is 0.109. The monoisotopic (exact) mass is 386 g/mol. The third-order valence-electron chi connectivity index (χ3n) is 5.95. The number of carbonyl (C=O) groups is 1. The first-order valence-electron chi connectivity index (χ1n) is 10.7. The molecule has 3 aromatic rings. The predicted molar refractivity (Wildman–Crippen MR) is 121 cm³/mol. The summed E-state index contributed by atoms with van der Waals surface area (Å²) in [5.74, 6) is 0.109. The van der Waals surface area contributed by atoms with Gasteiger partial charge in [-0.25, -0.2) is 0 Å². The third-order valence-corrected chi connectivity index (χ3v) is 5.95. The van der Waals surface area contributed by atoms with E-state index in [9.17, 15) is 4.79 Å². The van der Waals surface area contributed by atoms with E-state index in [1.54, 1.807) is 0 Å². The first-order chi connectivity index (χ1) is 14.2. The lowest BCUT2D eigenvalue weighted by Crippen LogP contribution is -2.29. The molecule has 3 aromatic carbocycles. The average Bonchev–Trinajstić information content (AvgIpc) is 3.58. The molecular weight excluding hydrogens is 356 g/mol. The van der Waals surface area contributed by atoms with Crippen LogP contribution in [0.2, 0.25) is 0 Å². The van der Waals surface area contributed by atoms with E-state index in [0.29, 0.717) is 12.5 Å². The number of rotatable bonds is 8. The van der Waals surface area contributed by atoms with Crippen LogP contribution >= 0.6 is 0 Å². The molecular formula is C26H30N2O. The highest BCUT2D eigenvalue weighted by atomic mass is 16.1. The van der Waals surface area contributed by atoms with Crippen LogP contribution in [0.25, 0.3) is 10.8 Å². The fourth-order valence-corrected chi connectivity index (χ4v) is 4.13. The lowest BCUT2D eigenvalue weighted by molar-refractivity contribution is -0.116. The van der Waals surface area contributed by atoms with E-state index in [0.717, 1.165) is 30.8 Å². The van der Waals surface area contributed by atoms with Crippen molar-refractivity contribution in [1.82, 2.24) is 4.90 Å². The zero-order valence-corrected chi connectivity index (χ0v) is 17.4. The highest BCUT2D eigenvalue weighted by Gasteiger charge is 2.29. The van der Waals surface area contributed by atoms with Crippen molar-refractivity contribution in [2.45, 2.75) is 52.1 Å². The summed E-state index contributed by atoms with van der Waals surface area (Å²) in [5.41, 5.74) is 4.68. The van der Waals surface area contributed by atoms with E-state index in [1.807, 2.05) is 0 Å². The predicted octanol–water partition coefficient (Wildman–Crippen LogP) is 5.70. The number of benzene rings is 3. The Hall–Kier alpha value is -2.65. The molecule has 0 spiro atoms. The second-order valence-electron chi connectivity index (χ2n) is 8.10. The van der Waals surface area contributed by atoms with Crippen LogP contribution in [-0.4, -0.2) is 23.4 Å². The molecule has 0 aliphatic heterocycles. The van der Waals surface area contributed by atoms with E-state index in [-0.39, 0.29) is 5.91 Å². The zero-order chi connectivity index (χ0) is 20.2. The van der Waals surface area contributed by atoms with Crippen molar-refractivity contribution in [2.75, 3.05) is 11.9 Å². The van der Waals surface area contributed by atoms with Gasteiger partial charge in [0.25, 0.3) is 0 Å². The van der Waals surface area contributed by atoms with Gasteiger partial charge in [-0.3, -0.25) is 9.69 Å². The molecule has 29 heavy (non-hydrogen) atoms. The molecule has 1 saturated carbocycles. The van der Waals surface area contributed by atoms with Gasteiger partial charge in [-0.1, -0.05) is 67.6 Å². The van der Waals surface area contributed by atoms with Gasteiger partial charge >= 0.3 is 0 Å². The Labute approximate surface area is 173 Å². The quantitative estimate of drug-likeness (QED) is 0.538. The summed E-state index contributed by atoms with van der Waals surface area (Å²) in [6, 6.07) is 21.9. The van der Waals surface area contributed by atoms with Gasteiger partial charge in [0.2, 0.25) is 5.91 Å². The van der Waals surface area contributed by atoms with Gasteiger partial charge < -0.3 is 5.32 Å². The Bertz CT molecular complexity index is 1000. The van der Waals surface area contributed by atoms with E-state index < -0.39 is 0 Å². The van der Waals surface area contributed by atoms with Gasteiger partial charge in [-0.05, 0) is 53.6 Å². The van der Waals surface area contributed by atoms with Crippen molar-refractivity contribution in [3.05, 3.63) is 77.4 Å². The smallest absolute Gasteiger partial charge is 0.225 e. The molecule has 1 aliphatic carbocycles. The van der Waals surface area contributed by atoms with Crippen molar-refractivity contribution in [2.24, 2.45) is 0 Å². The summed E-state index contributed by atoms with van der Waals surface area (Å²) >= 11 is 0. The molecule has 0 aromatic heterocycles. The van der Waals surface area contributed by atoms with Crippen molar-refractivity contribution < 1.29 is 4.79 Å². The molecule has 150 valence electrons. The second kappa shape index (κ2) is 8.79. The number of hydrogen-bond donors (Lipinski definition) is 1. The van der Waals surface area contributed by atoms with Crippen molar-refractivity contribution in [3.63, 3.8) is 0 Å². The second-order valence-corrected chi connectivity index (χ2v) is 8.10. The molecule has 0 unspecified atom stereocenters. The molecule has 0 bridgehead atoms. The number of nitrogens with one attached hydrogen (secondary N) is 1. The molecule has 0 atom stereocenters. The highest BCUT2D eigenvalue weighted by Crippen LogP contribution is 2.30. The van der Waals surface area contributed by atoms with Gasteiger partial charge in [0.15, 0.2) is 0 Å². The van der Waals surface area contributed by atoms with Crippen LogP contribution in [0, 0.1) is 6.92 Å². The topological polar surface area (TPSA) is 32.3 Å². The lowest BCUT2D eigenvalue weighted by Gasteiger charge is -2.23. The van der Waals surface area contributed by atoms with Gasteiger partial charge in [-0.2, -0.15) is 0 Å². The number of hydrogen-bond acceptors (Lipinski definition) is 2. The average molecular weight is 387 g/mol. The Kier molecular flexibility index (Phi) is 5.96. The van der Waals surface area contributed by atoms with Gasteiger partial charge in [0.05, 0.1) is 0 Å². The standard InChI is InChI=1S/C26H30N2O/c1-3-20-10-6-8-19(2)26(20)27-25(29)16-17-28(23-14-15-23)18-22-12-7-11-21-9-4-5-13-24(21)22/h4-13,23H,3,14-18H2,1-2H3,(H,27,29). The number of nitrogens with zero attached hydrogens (tertiary/aromatic N) is 1. The van der Waals surface area contributed by atoms with Crippen molar-refractivity contribution >= 4 is 22.4 Å². The minimum Gasteiger partial charge on any atom is -0.326 e. The normalized spacial score (nSPS) is 13.8. The summed E-state index contributed by atoms with van der Waals surface area (Å²) < 4.78 is 0. The number of fused-ring (bicyclic) bond motifs is 1. The van der Waals surface area contributed by atoms with Crippen LogP contribution < -0.4 is 5.32 Å². The first kappa shape index (κ1) is 19.7. The van der Waals surface area contributed by atoms with Crippen LogP contribution in [0.4, 0.5) is 5.69 Å². The summed E-state index contributed by atoms with van der Waals surface area (Å²) in [6.07, 6.45) is 3.93. The zero-order valence-electron chi connectivity index (χ0n) is 17.4. The molecule has 3 heteroatoms. The van der Waals surface area contributed by atoms with Gasteiger partial charge in [-0.15, -0.1) is 0 Å². The van der Waals surface area contributed by atoms with Crippen LogP contribution in [0.5, 0.6) is 0 Å². The summed E-state index contributed by atoms with van der Waals surface area (Å²) in [6.45, 7) is 5.90. The molecule has 0 heterocycles. The molecule has 1 amide bonds. The molecule has 0 radical (unpaired) electrons. The number of aryl methyl sites for hydroxylation is 2. The minimum atomic E-state index is 0.109. The fourth-order valence-electron chi connectivity index (χ4n) is 4.13. The van der Waals surface area contributed by atoms with E-state index in [2.05, 4.69) is 84.7 Å². The number of amides is 1. The number of anilines is 1. The maximum Gasteiger partial charge on any atom is 0.225 e. The summed E-state index contributed by atoms with van der Waals surface area (Å²) in [4.78, 5) is 15.2. The Morgan fingerprint density at radius 1 is 1.00 bits per heavy atom. The fraction of sp³-hybridized carbons (Fsp3) is 0.346. The molecule has 1 aliphatic rings. The Balaban J connectivity index is 1.43. The van der Waals surface area contributed by atoms with Crippen LogP contribution in [0.1, 0.15) is 42.9 Å². The molecule has 1 fully saturated rings. The molecule has 0 saturated heterocycles. The molecule has 3 nitrogen and oxygen atoms in total. The molecule has 1 N–H and O–H groups in total. The lowest BCUT2D eigenvalue weighted by atomic mass is 10.0. The number of carbonyl (C=O) groups excluding carboxylic acids is 1. The third kappa shape index (κ3) is 4.68. The largest absolute Gasteiger partial charge is 0.326 e. The molecule has 4 rings (SSSR count). The number of para-hydroxylation sites is 1. The Morgan fingerprint density at radius 3 is 2.52 bits per heavy atom. The summed E-state index contributed by atoms with van der Waals surface area (Å²) in [7, 11) is 0. The summed E-state index contributed by atoms with van der Waals surface area (Å²) in [5, 5.41) is 5.77. The van der Waals surface area contributed by atoms with Crippen molar-refractivity contribution in [3.8, 4) is 0 Å². The first-order valence-corrected chi connectivity index (χ1v) is 10.7. The van der Waals surface area contributed by atoms with Crippen molar-refractivity contribution in [1.29, 1.82) is 0 Å². The van der Waals surface area contributed by atoms with Crippen LogP contribution in [-0.2, 0) is 17.8 Å². The van der Waals surface area contributed by atoms with E-state index in [4.69, 9.17) is 0 Å². The SMILES string of the molecule is CCc1cccc(C)c1NC(=O)CCN(Cc1cccc2ccccc12)C1CC1. The van der Waals surface area contributed by atoms with E-state index >= 15 is 0 Å². The van der Waals surface area contributed by atoms with Gasteiger partial charge in [0.1, 0.15) is 0 Å². The maximum absolute atomic E-state index is 12.7.